The van der Waals surface area contributed by atoms with Gasteiger partial charge in [-0.25, -0.2) is 4.98 Å². The molecule has 1 aliphatic rings. The summed E-state index contributed by atoms with van der Waals surface area (Å²) < 4.78 is 1.86. The Morgan fingerprint density at radius 3 is 2.77 bits per heavy atom. The smallest absolute Gasteiger partial charge is 0.282 e. The number of carbonyl (C=O) groups excluding carboxylic acids is 3. The second kappa shape index (κ2) is 7.13. The first-order chi connectivity index (χ1) is 12.5. The lowest BCUT2D eigenvalue weighted by atomic mass is 10.1. The molecule has 0 spiro atoms. The summed E-state index contributed by atoms with van der Waals surface area (Å²) in [5, 5.41) is 13.7. The van der Waals surface area contributed by atoms with Crippen molar-refractivity contribution >= 4 is 23.4 Å². The number of nitro groups is 1. The van der Waals surface area contributed by atoms with Crippen molar-refractivity contribution in [2.24, 2.45) is 0 Å². The first kappa shape index (κ1) is 17.3. The van der Waals surface area contributed by atoms with Crippen LogP contribution in [0, 0.1) is 10.1 Å². The number of hydrogen-bond acceptors (Lipinski definition) is 6. The fourth-order valence-electron chi connectivity index (χ4n) is 2.72. The van der Waals surface area contributed by atoms with Crippen molar-refractivity contribution in [3.63, 3.8) is 0 Å². The molecular weight excluding hydrogens is 342 g/mol. The summed E-state index contributed by atoms with van der Waals surface area (Å²) in [6.45, 7) is 0.550. The van der Waals surface area contributed by atoms with E-state index in [0.29, 0.717) is 19.5 Å². The minimum atomic E-state index is -0.828. The fourth-order valence-corrected chi connectivity index (χ4v) is 2.72. The predicted molar refractivity (Wildman–Crippen MR) is 88.3 cm³/mol. The Labute approximate surface area is 147 Å². The summed E-state index contributed by atoms with van der Waals surface area (Å²) >= 11 is 0. The minimum Gasteiger partial charge on any atom is -0.354 e. The number of nitro benzene ring substituents is 1. The molecule has 1 N–H and O–H groups in total. The minimum absolute atomic E-state index is 0.0582. The third kappa shape index (κ3) is 3.29. The Kier molecular flexibility index (Phi) is 4.74. The molecule has 3 rings (SSSR count). The van der Waals surface area contributed by atoms with E-state index < -0.39 is 34.9 Å². The van der Waals surface area contributed by atoms with Crippen molar-refractivity contribution in [2.45, 2.75) is 13.0 Å². The number of carbonyl (C=O) groups is 3. The van der Waals surface area contributed by atoms with Gasteiger partial charge in [-0.3, -0.25) is 29.4 Å². The number of benzene rings is 1. The van der Waals surface area contributed by atoms with Gasteiger partial charge in [0.15, 0.2) is 0 Å². The van der Waals surface area contributed by atoms with Gasteiger partial charge < -0.3 is 9.88 Å². The number of aromatic nitrogens is 2. The molecule has 10 heteroatoms. The van der Waals surface area contributed by atoms with Crippen LogP contribution in [0.5, 0.6) is 0 Å². The van der Waals surface area contributed by atoms with Gasteiger partial charge in [0.25, 0.3) is 17.5 Å². The molecule has 0 saturated carbocycles. The van der Waals surface area contributed by atoms with Gasteiger partial charge >= 0.3 is 0 Å². The Bertz CT molecular complexity index is 877. The Balaban J connectivity index is 1.59. The number of amides is 3. The molecule has 0 saturated heterocycles. The molecular formula is C16H15N5O5. The summed E-state index contributed by atoms with van der Waals surface area (Å²) in [5.41, 5.74) is -0.767. The van der Waals surface area contributed by atoms with Crippen molar-refractivity contribution < 1.29 is 19.3 Å². The highest BCUT2D eigenvalue weighted by Crippen LogP contribution is 2.30. The van der Waals surface area contributed by atoms with Crippen LogP contribution in [0.15, 0.2) is 36.9 Å². The number of imidazole rings is 1. The zero-order valence-electron chi connectivity index (χ0n) is 13.6. The van der Waals surface area contributed by atoms with Crippen LogP contribution >= 0.6 is 0 Å². The van der Waals surface area contributed by atoms with Crippen molar-refractivity contribution in [1.29, 1.82) is 0 Å². The number of nitrogens with one attached hydrogen (secondary N) is 1. The van der Waals surface area contributed by atoms with Gasteiger partial charge in [0.2, 0.25) is 5.91 Å². The first-order valence-electron chi connectivity index (χ1n) is 7.85. The fraction of sp³-hybridized carbons (Fsp3) is 0.250. The van der Waals surface area contributed by atoms with E-state index in [4.69, 9.17) is 0 Å². The van der Waals surface area contributed by atoms with E-state index in [1.165, 1.54) is 12.1 Å². The Morgan fingerprint density at radius 1 is 1.27 bits per heavy atom. The molecule has 134 valence electrons. The standard InChI is InChI=1S/C16H15N5O5/c22-13(18-5-2-7-19-8-6-17-10-19)9-20-15(23)11-3-1-4-12(21(25)26)14(11)16(20)24/h1,3-4,6,8,10H,2,5,7,9H2,(H,18,22). The predicted octanol–water partition coefficient (Wildman–Crippen LogP) is 0.594. The quantitative estimate of drug-likeness (QED) is 0.334. The van der Waals surface area contributed by atoms with E-state index in [1.807, 2.05) is 4.57 Å². The summed E-state index contributed by atoms with van der Waals surface area (Å²) in [4.78, 5) is 51.6. The average molecular weight is 357 g/mol. The van der Waals surface area contributed by atoms with Gasteiger partial charge in [-0.15, -0.1) is 0 Å². The van der Waals surface area contributed by atoms with E-state index in [9.17, 15) is 24.5 Å². The van der Waals surface area contributed by atoms with Gasteiger partial charge in [0.1, 0.15) is 12.1 Å². The SMILES string of the molecule is O=C(CN1C(=O)c2cccc([N+](=O)[O-])c2C1=O)NCCCn1ccnc1. The van der Waals surface area contributed by atoms with Crippen LogP contribution in [-0.2, 0) is 11.3 Å². The van der Waals surface area contributed by atoms with Gasteiger partial charge in [0.05, 0.1) is 16.8 Å². The maximum atomic E-state index is 12.4. The molecule has 26 heavy (non-hydrogen) atoms. The number of rotatable bonds is 7. The maximum Gasteiger partial charge on any atom is 0.282 e. The summed E-state index contributed by atoms with van der Waals surface area (Å²) in [7, 11) is 0. The molecule has 1 aromatic heterocycles. The molecule has 10 nitrogen and oxygen atoms in total. The molecule has 0 aliphatic carbocycles. The number of aryl methyl sites for hydroxylation is 1. The highest BCUT2D eigenvalue weighted by molar-refractivity contribution is 6.24. The van der Waals surface area contributed by atoms with Gasteiger partial charge in [0, 0.05) is 31.5 Å². The topological polar surface area (TPSA) is 127 Å². The summed E-state index contributed by atoms with van der Waals surface area (Å²) in [6, 6.07) is 3.83. The average Bonchev–Trinajstić information content (AvgIpc) is 3.22. The van der Waals surface area contributed by atoms with Crippen molar-refractivity contribution in [3.05, 3.63) is 58.2 Å². The van der Waals surface area contributed by atoms with Gasteiger partial charge in [-0.2, -0.15) is 0 Å². The lowest BCUT2D eigenvalue weighted by Gasteiger charge is -2.13. The normalized spacial score (nSPS) is 13.0. The molecule has 3 amide bonds. The monoisotopic (exact) mass is 357 g/mol. The molecule has 2 aromatic rings. The van der Waals surface area contributed by atoms with Crippen LogP contribution in [0.2, 0.25) is 0 Å². The highest BCUT2D eigenvalue weighted by atomic mass is 16.6. The molecule has 0 radical (unpaired) electrons. The number of fused-ring (bicyclic) bond motifs is 1. The number of hydrogen-bond donors (Lipinski definition) is 1. The van der Waals surface area contributed by atoms with E-state index in [1.54, 1.807) is 18.7 Å². The van der Waals surface area contributed by atoms with Crippen LogP contribution in [0.1, 0.15) is 27.1 Å². The zero-order valence-corrected chi connectivity index (χ0v) is 13.6. The summed E-state index contributed by atoms with van der Waals surface area (Å²) in [5.74, 6) is -2.04. The number of imide groups is 1. The van der Waals surface area contributed by atoms with E-state index >= 15 is 0 Å². The lowest BCUT2D eigenvalue weighted by molar-refractivity contribution is -0.385. The molecule has 0 unspecified atom stereocenters. The van der Waals surface area contributed by atoms with E-state index in [0.717, 1.165) is 11.0 Å². The molecule has 2 heterocycles. The largest absolute Gasteiger partial charge is 0.354 e. The van der Waals surface area contributed by atoms with E-state index in [2.05, 4.69) is 10.3 Å². The van der Waals surface area contributed by atoms with Crippen LogP contribution < -0.4 is 5.32 Å². The van der Waals surface area contributed by atoms with Crippen molar-refractivity contribution in [2.75, 3.05) is 13.1 Å². The van der Waals surface area contributed by atoms with Gasteiger partial charge in [-0.05, 0) is 12.5 Å². The second-order valence-electron chi connectivity index (χ2n) is 5.66. The first-order valence-corrected chi connectivity index (χ1v) is 7.85. The lowest BCUT2D eigenvalue weighted by Crippen LogP contribution is -2.40. The zero-order chi connectivity index (χ0) is 18.7. The maximum absolute atomic E-state index is 12.4. The van der Waals surface area contributed by atoms with Crippen LogP contribution in [0.4, 0.5) is 5.69 Å². The van der Waals surface area contributed by atoms with E-state index in [-0.39, 0.29) is 11.1 Å². The third-order valence-electron chi connectivity index (χ3n) is 3.95. The summed E-state index contributed by atoms with van der Waals surface area (Å²) in [6.07, 6.45) is 5.76. The molecule has 0 atom stereocenters. The molecule has 0 bridgehead atoms. The Morgan fingerprint density at radius 2 is 2.08 bits per heavy atom. The van der Waals surface area contributed by atoms with Crippen LogP contribution in [0.25, 0.3) is 0 Å². The second-order valence-corrected chi connectivity index (χ2v) is 5.66. The van der Waals surface area contributed by atoms with Crippen LogP contribution in [-0.4, -0.2) is 50.2 Å². The van der Waals surface area contributed by atoms with Gasteiger partial charge in [-0.1, -0.05) is 6.07 Å². The third-order valence-corrected chi connectivity index (χ3v) is 3.95. The number of nitrogens with zero attached hydrogens (tertiary/aromatic N) is 4. The van der Waals surface area contributed by atoms with Crippen molar-refractivity contribution in [3.8, 4) is 0 Å². The van der Waals surface area contributed by atoms with Crippen molar-refractivity contribution in [1.82, 2.24) is 19.8 Å². The highest BCUT2D eigenvalue weighted by Gasteiger charge is 2.41. The molecule has 1 aliphatic heterocycles. The molecule has 0 fully saturated rings. The van der Waals surface area contributed by atoms with Crippen LogP contribution in [0.3, 0.4) is 0 Å². The Hall–Kier alpha value is -3.56. The molecule has 1 aromatic carbocycles.